The zero-order valence-corrected chi connectivity index (χ0v) is 13.9. The Morgan fingerprint density at radius 2 is 1.79 bits per heavy atom. The molecule has 24 heavy (non-hydrogen) atoms. The number of H-pyrrole nitrogens is 1. The van der Waals surface area contributed by atoms with Gasteiger partial charge in [-0.15, -0.1) is 0 Å². The average Bonchev–Trinajstić information content (AvgIpc) is 2.87. The molecule has 0 radical (unpaired) electrons. The van der Waals surface area contributed by atoms with Crippen LogP contribution in [0.25, 0.3) is 11.0 Å². The quantitative estimate of drug-likeness (QED) is 0.748. The molecule has 3 aromatic rings. The van der Waals surface area contributed by atoms with E-state index in [9.17, 15) is 9.59 Å². The first-order valence-electron chi connectivity index (χ1n) is 8.09. The summed E-state index contributed by atoms with van der Waals surface area (Å²) < 4.78 is 0. The van der Waals surface area contributed by atoms with E-state index >= 15 is 0 Å². The smallest absolute Gasteiger partial charge is 0.270 e. The average molecular weight is 318 g/mol. The summed E-state index contributed by atoms with van der Waals surface area (Å²) in [5, 5.41) is 0. The Hall–Kier alpha value is -2.75. The number of nitrogens with zero attached hydrogens (tertiary/aromatic N) is 1. The summed E-state index contributed by atoms with van der Waals surface area (Å²) in [5.41, 5.74) is 6.57. The van der Waals surface area contributed by atoms with E-state index in [4.69, 9.17) is 0 Å². The van der Waals surface area contributed by atoms with Gasteiger partial charge in [-0.3, -0.25) is 9.59 Å². The van der Waals surface area contributed by atoms with Gasteiger partial charge in [0.2, 0.25) is 0 Å². The molecule has 0 aliphatic heterocycles. The lowest BCUT2D eigenvalue weighted by atomic mass is 10.00. The van der Waals surface area contributed by atoms with Crippen LogP contribution < -0.4 is 5.56 Å². The highest BCUT2D eigenvalue weighted by Crippen LogP contribution is 2.34. The number of hydrogen-bond donors (Lipinski definition) is 1. The standard InChI is InChI=1S/C20H18N2O2/c1-10-5-4-6-13-14(10)9-15(19(13)23)18-20(24)22-17-8-12(3)11(2)7-16(17)21-18/h4-8,15H,9H2,1-3H3,(H,22,24)/t15-/m1/s1. The van der Waals surface area contributed by atoms with Crippen molar-refractivity contribution in [1.82, 2.24) is 9.97 Å². The van der Waals surface area contributed by atoms with Crippen LogP contribution in [0.3, 0.4) is 0 Å². The number of fused-ring (bicyclic) bond motifs is 2. The van der Waals surface area contributed by atoms with E-state index in [1.54, 1.807) is 0 Å². The van der Waals surface area contributed by atoms with Crippen LogP contribution in [0.2, 0.25) is 0 Å². The highest BCUT2D eigenvalue weighted by molar-refractivity contribution is 6.05. The molecule has 1 aromatic heterocycles. The third-order valence-corrected chi connectivity index (χ3v) is 5.06. The SMILES string of the molecule is Cc1cc2nc([C@H]3Cc4c(C)cccc4C3=O)c(=O)[nH]c2cc1C. The lowest BCUT2D eigenvalue weighted by Crippen LogP contribution is -2.22. The molecule has 1 atom stereocenters. The van der Waals surface area contributed by atoms with Crippen molar-refractivity contribution in [3.05, 3.63) is 74.2 Å². The molecule has 0 saturated carbocycles. The fourth-order valence-electron chi connectivity index (χ4n) is 3.51. The molecule has 0 saturated heterocycles. The molecule has 2 aromatic carbocycles. The van der Waals surface area contributed by atoms with Gasteiger partial charge in [0.25, 0.3) is 5.56 Å². The second-order valence-corrected chi connectivity index (χ2v) is 6.63. The van der Waals surface area contributed by atoms with Crippen molar-refractivity contribution < 1.29 is 4.79 Å². The Labute approximate surface area is 139 Å². The molecule has 4 heteroatoms. The summed E-state index contributed by atoms with van der Waals surface area (Å²) in [6.45, 7) is 6.01. The minimum absolute atomic E-state index is 0.00474. The molecule has 0 spiro atoms. The molecule has 4 nitrogen and oxygen atoms in total. The van der Waals surface area contributed by atoms with Crippen LogP contribution in [0.15, 0.2) is 35.1 Å². The molecule has 4 rings (SSSR count). The van der Waals surface area contributed by atoms with Crippen molar-refractivity contribution in [2.24, 2.45) is 0 Å². The molecule has 0 bridgehead atoms. The highest BCUT2D eigenvalue weighted by atomic mass is 16.1. The minimum Gasteiger partial charge on any atom is -0.319 e. The lowest BCUT2D eigenvalue weighted by molar-refractivity contribution is 0.0971. The predicted octanol–water partition coefficient (Wildman–Crippen LogP) is 3.37. The van der Waals surface area contributed by atoms with Gasteiger partial charge in [-0.05, 0) is 61.6 Å². The molecular formula is C20H18N2O2. The first-order valence-corrected chi connectivity index (χ1v) is 8.09. The van der Waals surface area contributed by atoms with Gasteiger partial charge in [0.1, 0.15) is 5.69 Å². The number of Topliss-reactive ketones (excluding diaryl/α,β-unsaturated/α-hetero) is 1. The molecular weight excluding hydrogens is 300 g/mol. The fourth-order valence-corrected chi connectivity index (χ4v) is 3.51. The van der Waals surface area contributed by atoms with E-state index in [-0.39, 0.29) is 11.3 Å². The van der Waals surface area contributed by atoms with Gasteiger partial charge < -0.3 is 4.98 Å². The van der Waals surface area contributed by atoms with E-state index in [0.29, 0.717) is 17.6 Å². The van der Waals surface area contributed by atoms with Crippen LogP contribution in [-0.2, 0) is 6.42 Å². The van der Waals surface area contributed by atoms with Crippen LogP contribution in [0, 0.1) is 20.8 Å². The number of nitrogens with one attached hydrogen (secondary N) is 1. The third kappa shape index (κ3) is 2.10. The number of aryl methyl sites for hydroxylation is 3. The maximum absolute atomic E-state index is 12.8. The maximum atomic E-state index is 12.8. The fraction of sp³-hybridized carbons (Fsp3) is 0.250. The molecule has 1 heterocycles. The molecule has 120 valence electrons. The van der Waals surface area contributed by atoms with Crippen molar-refractivity contribution in [1.29, 1.82) is 0 Å². The second-order valence-electron chi connectivity index (χ2n) is 6.63. The molecule has 1 N–H and O–H groups in total. The van der Waals surface area contributed by atoms with Crippen molar-refractivity contribution >= 4 is 16.8 Å². The Balaban J connectivity index is 1.88. The Kier molecular flexibility index (Phi) is 3.17. The van der Waals surface area contributed by atoms with Gasteiger partial charge >= 0.3 is 0 Å². The summed E-state index contributed by atoms with van der Waals surface area (Å²) in [7, 11) is 0. The zero-order chi connectivity index (χ0) is 17.0. The second kappa shape index (κ2) is 5.13. The summed E-state index contributed by atoms with van der Waals surface area (Å²) in [6.07, 6.45) is 0.549. The summed E-state index contributed by atoms with van der Waals surface area (Å²) in [5.74, 6) is -0.495. The third-order valence-electron chi connectivity index (χ3n) is 5.06. The van der Waals surface area contributed by atoms with Crippen molar-refractivity contribution in [3.63, 3.8) is 0 Å². The number of rotatable bonds is 1. The molecule has 0 amide bonds. The van der Waals surface area contributed by atoms with Crippen LogP contribution in [-0.4, -0.2) is 15.8 Å². The first-order chi connectivity index (χ1) is 11.5. The van der Waals surface area contributed by atoms with Crippen LogP contribution in [0.4, 0.5) is 0 Å². The van der Waals surface area contributed by atoms with Crippen molar-refractivity contribution in [2.75, 3.05) is 0 Å². The van der Waals surface area contributed by atoms with Crippen LogP contribution >= 0.6 is 0 Å². The Morgan fingerprint density at radius 3 is 2.54 bits per heavy atom. The molecule has 0 unspecified atom stereocenters. The Morgan fingerprint density at radius 1 is 1.04 bits per heavy atom. The van der Waals surface area contributed by atoms with E-state index in [2.05, 4.69) is 9.97 Å². The van der Waals surface area contributed by atoms with Crippen molar-refractivity contribution in [2.45, 2.75) is 33.1 Å². The van der Waals surface area contributed by atoms with Gasteiger partial charge in [0, 0.05) is 5.56 Å². The number of benzene rings is 2. The normalized spacial score (nSPS) is 16.6. The van der Waals surface area contributed by atoms with Crippen LogP contribution in [0.5, 0.6) is 0 Å². The number of aromatic amines is 1. The molecule has 1 aliphatic carbocycles. The van der Waals surface area contributed by atoms with Crippen molar-refractivity contribution in [3.8, 4) is 0 Å². The summed E-state index contributed by atoms with van der Waals surface area (Å²) in [4.78, 5) is 32.7. The van der Waals surface area contributed by atoms with E-state index in [1.807, 2.05) is 51.1 Å². The number of carbonyl (C=O) groups excluding carboxylic acids is 1. The van der Waals surface area contributed by atoms with E-state index in [0.717, 1.165) is 33.3 Å². The van der Waals surface area contributed by atoms with Gasteiger partial charge in [0.15, 0.2) is 5.78 Å². The topological polar surface area (TPSA) is 62.8 Å². The van der Waals surface area contributed by atoms with Gasteiger partial charge in [-0.1, -0.05) is 18.2 Å². The zero-order valence-electron chi connectivity index (χ0n) is 13.9. The molecule has 0 fully saturated rings. The van der Waals surface area contributed by atoms with Crippen LogP contribution in [0.1, 0.15) is 44.2 Å². The monoisotopic (exact) mass is 318 g/mol. The number of aromatic nitrogens is 2. The van der Waals surface area contributed by atoms with E-state index in [1.165, 1.54) is 0 Å². The Bertz CT molecular complexity index is 1060. The summed E-state index contributed by atoms with van der Waals surface area (Å²) in [6, 6.07) is 9.62. The molecule has 1 aliphatic rings. The van der Waals surface area contributed by atoms with E-state index < -0.39 is 5.92 Å². The van der Waals surface area contributed by atoms with Gasteiger partial charge in [0.05, 0.1) is 17.0 Å². The first kappa shape index (κ1) is 14.8. The van der Waals surface area contributed by atoms with Gasteiger partial charge in [-0.2, -0.15) is 0 Å². The maximum Gasteiger partial charge on any atom is 0.270 e. The number of carbonyl (C=O) groups is 1. The predicted molar refractivity (Wildman–Crippen MR) is 93.8 cm³/mol. The highest BCUT2D eigenvalue weighted by Gasteiger charge is 2.35. The lowest BCUT2D eigenvalue weighted by Gasteiger charge is -2.09. The summed E-state index contributed by atoms with van der Waals surface area (Å²) >= 11 is 0. The largest absolute Gasteiger partial charge is 0.319 e. The number of ketones is 1. The number of hydrogen-bond acceptors (Lipinski definition) is 3. The minimum atomic E-state index is -0.490. The van der Waals surface area contributed by atoms with Gasteiger partial charge in [-0.25, -0.2) is 4.98 Å².